The van der Waals surface area contributed by atoms with Crippen molar-refractivity contribution < 1.29 is 13.9 Å². The molecule has 1 atom stereocenters. The molecule has 0 aliphatic heterocycles. The lowest BCUT2D eigenvalue weighted by Crippen LogP contribution is -2.28. The Kier molecular flexibility index (Phi) is 7.86. The monoisotopic (exact) mass is 297 g/mol. The minimum atomic E-state index is -0.184. The standard InChI is InChI=1S/C17H28FNO2/c1-17(2,21-4)10-9-14(13-19-11-12-20-3)15-7-5-6-8-16(15)18/h5-8,14,19H,9-13H2,1-4H3. The zero-order valence-corrected chi connectivity index (χ0v) is 13.6. The first-order chi connectivity index (χ1) is 10.00. The Morgan fingerprint density at radius 1 is 1.24 bits per heavy atom. The second kappa shape index (κ2) is 9.13. The van der Waals surface area contributed by atoms with Crippen LogP contribution in [0.3, 0.4) is 0 Å². The lowest BCUT2D eigenvalue weighted by molar-refractivity contribution is 0.0123. The highest BCUT2D eigenvalue weighted by Crippen LogP contribution is 2.27. The molecule has 0 bridgehead atoms. The minimum absolute atomic E-state index is 0.133. The van der Waals surface area contributed by atoms with Gasteiger partial charge < -0.3 is 14.8 Å². The van der Waals surface area contributed by atoms with E-state index in [1.807, 2.05) is 12.1 Å². The van der Waals surface area contributed by atoms with Crippen molar-refractivity contribution in [3.8, 4) is 0 Å². The van der Waals surface area contributed by atoms with E-state index in [-0.39, 0.29) is 17.3 Å². The Balaban J connectivity index is 2.68. The van der Waals surface area contributed by atoms with Crippen LogP contribution < -0.4 is 5.32 Å². The van der Waals surface area contributed by atoms with Crippen molar-refractivity contribution >= 4 is 0 Å². The number of rotatable bonds is 10. The van der Waals surface area contributed by atoms with Crippen LogP contribution in [0.25, 0.3) is 0 Å². The topological polar surface area (TPSA) is 30.5 Å². The fourth-order valence-corrected chi connectivity index (χ4v) is 2.25. The van der Waals surface area contributed by atoms with Crippen molar-refractivity contribution in [3.05, 3.63) is 35.6 Å². The number of methoxy groups -OCH3 is 2. The van der Waals surface area contributed by atoms with Gasteiger partial charge in [0.2, 0.25) is 0 Å². The molecule has 1 N–H and O–H groups in total. The maximum absolute atomic E-state index is 14.0. The normalized spacial score (nSPS) is 13.4. The zero-order valence-electron chi connectivity index (χ0n) is 13.6. The number of nitrogens with one attached hydrogen (secondary N) is 1. The molecule has 1 aromatic carbocycles. The summed E-state index contributed by atoms with van der Waals surface area (Å²) < 4.78 is 24.5. The average Bonchev–Trinajstić information content (AvgIpc) is 2.47. The predicted octanol–water partition coefficient (Wildman–Crippen LogP) is 3.35. The Bertz CT molecular complexity index is 410. The van der Waals surface area contributed by atoms with Gasteiger partial charge in [-0.25, -0.2) is 4.39 Å². The van der Waals surface area contributed by atoms with E-state index in [0.717, 1.165) is 31.5 Å². The third-order valence-corrected chi connectivity index (χ3v) is 3.87. The van der Waals surface area contributed by atoms with Crippen LogP contribution in [-0.4, -0.2) is 39.5 Å². The molecular weight excluding hydrogens is 269 g/mol. The molecule has 21 heavy (non-hydrogen) atoms. The van der Waals surface area contributed by atoms with Gasteiger partial charge >= 0.3 is 0 Å². The fourth-order valence-electron chi connectivity index (χ4n) is 2.25. The highest BCUT2D eigenvalue weighted by atomic mass is 19.1. The average molecular weight is 297 g/mol. The van der Waals surface area contributed by atoms with Crippen LogP contribution in [0.4, 0.5) is 4.39 Å². The summed E-state index contributed by atoms with van der Waals surface area (Å²) in [6.07, 6.45) is 1.76. The van der Waals surface area contributed by atoms with E-state index < -0.39 is 0 Å². The molecule has 0 heterocycles. The summed E-state index contributed by atoms with van der Waals surface area (Å²) in [4.78, 5) is 0. The van der Waals surface area contributed by atoms with Crippen LogP contribution in [0.5, 0.6) is 0 Å². The molecule has 0 saturated heterocycles. The molecule has 0 aromatic heterocycles. The van der Waals surface area contributed by atoms with Crippen molar-refractivity contribution in [2.75, 3.05) is 33.9 Å². The molecule has 0 fully saturated rings. The first kappa shape index (κ1) is 18.1. The third kappa shape index (κ3) is 6.55. The summed E-state index contributed by atoms with van der Waals surface area (Å²) in [6, 6.07) is 7.02. The quantitative estimate of drug-likeness (QED) is 0.672. The summed E-state index contributed by atoms with van der Waals surface area (Å²) >= 11 is 0. The minimum Gasteiger partial charge on any atom is -0.383 e. The Hall–Kier alpha value is -0.970. The Labute approximate surface area is 127 Å². The number of benzene rings is 1. The number of ether oxygens (including phenoxy) is 2. The van der Waals surface area contributed by atoms with Gasteiger partial charge in [-0.2, -0.15) is 0 Å². The van der Waals surface area contributed by atoms with Crippen molar-refractivity contribution in [3.63, 3.8) is 0 Å². The van der Waals surface area contributed by atoms with Crippen LogP contribution in [-0.2, 0) is 9.47 Å². The van der Waals surface area contributed by atoms with E-state index in [1.54, 1.807) is 20.3 Å². The van der Waals surface area contributed by atoms with E-state index in [9.17, 15) is 4.39 Å². The van der Waals surface area contributed by atoms with Crippen molar-refractivity contribution in [1.29, 1.82) is 0 Å². The van der Waals surface area contributed by atoms with Gasteiger partial charge in [0.15, 0.2) is 0 Å². The van der Waals surface area contributed by atoms with E-state index in [4.69, 9.17) is 9.47 Å². The molecule has 0 aliphatic carbocycles. The molecule has 3 nitrogen and oxygen atoms in total. The molecule has 0 saturated carbocycles. The third-order valence-electron chi connectivity index (χ3n) is 3.87. The predicted molar refractivity (Wildman–Crippen MR) is 84.2 cm³/mol. The number of hydrogen-bond donors (Lipinski definition) is 1. The van der Waals surface area contributed by atoms with Crippen molar-refractivity contribution in [2.24, 2.45) is 0 Å². The molecule has 1 unspecified atom stereocenters. The second-order valence-corrected chi connectivity index (χ2v) is 5.92. The number of hydrogen-bond acceptors (Lipinski definition) is 3. The van der Waals surface area contributed by atoms with Gasteiger partial charge in [-0.05, 0) is 44.2 Å². The van der Waals surface area contributed by atoms with Gasteiger partial charge in [0.05, 0.1) is 12.2 Å². The van der Waals surface area contributed by atoms with E-state index in [1.165, 1.54) is 6.07 Å². The summed E-state index contributed by atoms with van der Waals surface area (Å²) in [7, 11) is 3.39. The summed E-state index contributed by atoms with van der Waals surface area (Å²) in [5.41, 5.74) is 0.588. The molecule has 1 rings (SSSR count). The van der Waals surface area contributed by atoms with Crippen molar-refractivity contribution in [1.82, 2.24) is 5.32 Å². The highest BCUT2D eigenvalue weighted by molar-refractivity contribution is 5.22. The van der Waals surface area contributed by atoms with Gasteiger partial charge in [0, 0.05) is 27.3 Å². The van der Waals surface area contributed by atoms with Crippen LogP contribution in [0.2, 0.25) is 0 Å². The summed E-state index contributed by atoms with van der Waals surface area (Å²) in [5.74, 6) is 0.00347. The van der Waals surface area contributed by atoms with Gasteiger partial charge in [-0.15, -0.1) is 0 Å². The second-order valence-electron chi connectivity index (χ2n) is 5.92. The number of halogens is 1. The molecule has 0 spiro atoms. The smallest absolute Gasteiger partial charge is 0.126 e. The Morgan fingerprint density at radius 2 is 1.95 bits per heavy atom. The molecule has 1 aromatic rings. The highest BCUT2D eigenvalue weighted by Gasteiger charge is 2.21. The van der Waals surface area contributed by atoms with Crippen molar-refractivity contribution in [2.45, 2.75) is 38.2 Å². The first-order valence-electron chi connectivity index (χ1n) is 7.49. The fraction of sp³-hybridized carbons (Fsp3) is 0.647. The van der Waals surface area contributed by atoms with Crippen LogP contribution >= 0.6 is 0 Å². The maximum atomic E-state index is 14.0. The van der Waals surface area contributed by atoms with Crippen LogP contribution in [0.15, 0.2) is 24.3 Å². The van der Waals surface area contributed by atoms with Crippen LogP contribution in [0.1, 0.15) is 38.2 Å². The van der Waals surface area contributed by atoms with Crippen LogP contribution in [0, 0.1) is 5.82 Å². The lowest BCUT2D eigenvalue weighted by atomic mass is 9.89. The van der Waals surface area contributed by atoms with Gasteiger partial charge in [-0.3, -0.25) is 0 Å². The zero-order chi connectivity index (χ0) is 15.7. The van der Waals surface area contributed by atoms with E-state index in [2.05, 4.69) is 19.2 Å². The first-order valence-corrected chi connectivity index (χ1v) is 7.49. The molecule has 0 aliphatic rings. The van der Waals surface area contributed by atoms with E-state index in [0.29, 0.717) is 6.61 Å². The summed E-state index contributed by atoms with van der Waals surface area (Å²) in [5, 5.41) is 3.33. The molecule has 4 heteroatoms. The largest absolute Gasteiger partial charge is 0.383 e. The molecular formula is C17H28FNO2. The maximum Gasteiger partial charge on any atom is 0.126 e. The molecule has 120 valence electrons. The Morgan fingerprint density at radius 3 is 2.57 bits per heavy atom. The lowest BCUT2D eigenvalue weighted by Gasteiger charge is -2.26. The summed E-state index contributed by atoms with van der Waals surface area (Å²) in [6.45, 7) is 6.29. The van der Waals surface area contributed by atoms with Gasteiger partial charge in [0.1, 0.15) is 5.82 Å². The SMILES string of the molecule is COCCNCC(CCC(C)(C)OC)c1ccccc1F. The molecule has 0 amide bonds. The van der Waals surface area contributed by atoms with Gasteiger partial charge in [-0.1, -0.05) is 18.2 Å². The van der Waals surface area contributed by atoms with Gasteiger partial charge in [0.25, 0.3) is 0 Å². The van der Waals surface area contributed by atoms with E-state index >= 15 is 0 Å². The molecule has 0 radical (unpaired) electrons.